The lowest BCUT2D eigenvalue weighted by Crippen LogP contribution is -2.33. The number of hydrogen-bond acceptors (Lipinski definition) is 4. The van der Waals surface area contributed by atoms with Crippen LogP contribution in [-0.2, 0) is 4.79 Å². The number of rotatable bonds is 5. The number of carbonyl (C=O) groups is 2. The van der Waals surface area contributed by atoms with E-state index in [1.165, 1.54) is 16.9 Å². The number of aromatic nitrogens is 1. The van der Waals surface area contributed by atoms with Gasteiger partial charge in [0.15, 0.2) is 0 Å². The molecule has 2 aromatic carbocycles. The fourth-order valence-corrected chi connectivity index (χ4v) is 3.70. The molecule has 0 bridgehead atoms. The Kier molecular flexibility index (Phi) is 6.03. The van der Waals surface area contributed by atoms with Crippen LogP contribution in [0.25, 0.3) is 10.6 Å². The molecule has 0 unspecified atom stereocenters. The van der Waals surface area contributed by atoms with Crippen molar-refractivity contribution in [3.05, 3.63) is 69.1 Å². The lowest BCUT2D eigenvalue weighted by atomic mass is 10.2. The largest absolute Gasteiger partial charge is 0.342 e. The van der Waals surface area contributed by atoms with Gasteiger partial charge >= 0.3 is 0 Å². The van der Waals surface area contributed by atoms with Gasteiger partial charge in [-0.05, 0) is 37.6 Å². The maximum absolute atomic E-state index is 12.3. The number of thiazole rings is 1. The second kappa shape index (κ2) is 8.45. The normalized spacial score (nSPS) is 10.5. The van der Waals surface area contributed by atoms with Gasteiger partial charge in [0.05, 0.1) is 6.54 Å². The summed E-state index contributed by atoms with van der Waals surface area (Å²) >= 11 is 4.78. The van der Waals surface area contributed by atoms with Crippen molar-refractivity contribution in [1.82, 2.24) is 10.3 Å². The molecule has 0 aliphatic carbocycles. The molecule has 0 atom stereocenters. The van der Waals surface area contributed by atoms with Crippen LogP contribution in [0.4, 0.5) is 5.69 Å². The number of aryl methyl sites for hydroxylation is 2. The number of hydrogen-bond donors (Lipinski definition) is 2. The van der Waals surface area contributed by atoms with Crippen molar-refractivity contribution in [2.75, 3.05) is 11.9 Å². The molecule has 2 amide bonds. The molecule has 0 fully saturated rings. The molecule has 5 nitrogen and oxygen atoms in total. The number of carbonyl (C=O) groups excluding carboxylic acids is 2. The van der Waals surface area contributed by atoms with Crippen LogP contribution >= 0.6 is 27.3 Å². The average molecular weight is 444 g/mol. The van der Waals surface area contributed by atoms with Crippen LogP contribution in [0.3, 0.4) is 0 Å². The van der Waals surface area contributed by atoms with Gasteiger partial charge in [-0.15, -0.1) is 11.3 Å². The molecule has 1 aromatic heterocycles. The third-order valence-corrected chi connectivity index (χ3v) is 5.29. The Labute approximate surface area is 170 Å². The number of halogens is 1. The molecule has 2 N–H and O–H groups in total. The zero-order valence-corrected chi connectivity index (χ0v) is 17.3. The molecule has 1 heterocycles. The van der Waals surface area contributed by atoms with Gasteiger partial charge in [0.1, 0.15) is 10.7 Å². The van der Waals surface area contributed by atoms with E-state index in [0.29, 0.717) is 11.4 Å². The fourth-order valence-electron chi connectivity index (χ4n) is 2.42. The van der Waals surface area contributed by atoms with Crippen molar-refractivity contribution in [3.63, 3.8) is 0 Å². The summed E-state index contributed by atoms with van der Waals surface area (Å²) in [6, 6.07) is 13.5. The van der Waals surface area contributed by atoms with E-state index in [0.717, 1.165) is 20.6 Å². The minimum Gasteiger partial charge on any atom is -0.342 e. The van der Waals surface area contributed by atoms with E-state index in [1.807, 2.05) is 56.3 Å². The van der Waals surface area contributed by atoms with Crippen LogP contribution in [0.5, 0.6) is 0 Å². The first-order valence-electron chi connectivity index (χ1n) is 8.29. The molecule has 0 radical (unpaired) electrons. The van der Waals surface area contributed by atoms with Crippen LogP contribution in [0.2, 0.25) is 0 Å². The third-order valence-electron chi connectivity index (χ3n) is 3.91. The predicted octanol–water partition coefficient (Wildman–Crippen LogP) is 4.56. The Bertz CT molecular complexity index is 983. The smallest absolute Gasteiger partial charge is 0.271 e. The topological polar surface area (TPSA) is 71.1 Å². The average Bonchev–Trinajstić information content (AvgIpc) is 3.13. The Hall–Kier alpha value is -2.51. The minimum atomic E-state index is -0.368. The van der Waals surface area contributed by atoms with Gasteiger partial charge in [-0.2, -0.15) is 0 Å². The fraction of sp³-hybridized carbons (Fsp3) is 0.150. The van der Waals surface area contributed by atoms with E-state index in [4.69, 9.17) is 0 Å². The van der Waals surface area contributed by atoms with E-state index < -0.39 is 0 Å². The highest BCUT2D eigenvalue weighted by Gasteiger charge is 2.13. The van der Waals surface area contributed by atoms with Crippen LogP contribution in [-0.4, -0.2) is 23.3 Å². The van der Waals surface area contributed by atoms with Crippen molar-refractivity contribution in [2.45, 2.75) is 13.8 Å². The number of anilines is 1. The first kappa shape index (κ1) is 19.3. The summed E-state index contributed by atoms with van der Waals surface area (Å²) < 4.78 is 0.944. The highest BCUT2D eigenvalue weighted by molar-refractivity contribution is 9.10. The third kappa shape index (κ3) is 5.02. The zero-order chi connectivity index (χ0) is 19.4. The molecule has 7 heteroatoms. The zero-order valence-electron chi connectivity index (χ0n) is 14.9. The molecule has 0 aliphatic heterocycles. The molecule has 0 saturated carbocycles. The van der Waals surface area contributed by atoms with Gasteiger partial charge in [-0.1, -0.05) is 45.8 Å². The van der Waals surface area contributed by atoms with E-state index in [2.05, 4.69) is 31.5 Å². The molecule has 27 heavy (non-hydrogen) atoms. The van der Waals surface area contributed by atoms with Crippen LogP contribution in [0.15, 0.2) is 52.3 Å². The minimum absolute atomic E-state index is 0.119. The monoisotopic (exact) mass is 443 g/mol. The van der Waals surface area contributed by atoms with Crippen molar-refractivity contribution in [2.24, 2.45) is 0 Å². The maximum atomic E-state index is 12.3. The molecule has 3 rings (SSSR count). The van der Waals surface area contributed by atoms with Gasteiger partial charge in [-0.3, -0.25) is 9.59 Å². The number of nitrogens with one attached hydrogen (secondary N) is 2. The first-order chi connectivity index (χ1) is 12.9. The number of benzene rings is 2. The Morgan fingerprint density at radius 2 is 1.85 bits per heavy atom. The lowest BCUT2D eigenvalue weighted by molar-refractivity contribution is -0.115. The predicted molar refractivity (Wildman–Crippen MR) is 112 cm³/mol. The summed E-state index contributed by atoms with van der Waals surface area (Å²) in [7, 11) is 0. The number of nitrogens with zero attached hydrogens (tertiary/aromatic N) is 1. The number of amides is 2. The molecule has 0 aliphatic rings. The van der Waals surface area contributed by atoms with Gasteiger partial charge in [0.25, 0.3) is 5.91 Å². The molecular weight excluding hydrogens is 426 g/mol. The first-order valence-corrected chi connectivity index (χ1v) is 9.96. The summed E-state index contributed by atoms with van der Waals surface area (Å²) in [5, 5.41) is 7.86. The standard InChI is InChI=1S/C20H18BrN3O2S/c1-12-3-5-14(6-4-12)20-24-17(11-27-20)19(26)22-10-18(25)23-16-8-7-15(21)9-13(16)2/h3-9,11H,10H2,1-2H3,(H,22,26)(H,23,25). The Morgan fingerprint density at radius 1 is 1.11 bits per heavy atom. The van der Waals surface area contributed by atoms with E-state index in [-0.39, 0.29) is 18.4 Å². The van der Waals surface area contributed by atoms with Gasteiger partial charge in [-0.25, -0.2) is 4.98 Å². The SMILES string of the molecule is Cc1ccc(-c2nc(C(=O)NCC(=O)Nc3ccc(Br)cc3C)cs2)cc1. The Balaban J connectivity index is 1.57. The summed E-state index contributed by atoms with van der Waals surface area (Å²) in [6.45, 7) is 3.80. The second-order valence-corrected chi connectivity index (χ2v) is 7.87. The van der Waals surface area contributed by atoms with E-state index in [1.54, 1.807) is 5.38 Å². The van der Waals surface area contributed by atoms with Gasteiger partial charge < -0.3 is 10.6 Å². The van der Waals surface area contributed by atoms with Crippen molar-refractivity contribution in [1.29, 1.82) is 0 Å². The van der Waals surface area contributed by atoms with Crippen molar-refractivity contribution < 1.29 is 9.59 Å². The van der Waals surface area contributed by atoms with Crippen molar-refractivity contribution >= 4 is 44.8 Å². The quantitative estimate of drug-likeness (QED) is 0.606. The van der Waals surface area contributed by atoms with E-state index in [9.17, 15) is 9.59 Å². The second-order valence-electron chi connectivity index (χ2n) is 6.09. The van der Waals surface area contributed by atoms with Crippen LogP contribution in [0, 0.1) is 13.8 Å². The lowest BCUT2D eigenvalue weighted by Gasteiger charge is -2.09. The summed E-state index contributed by atoms with van der Waals surface area (Å²) in [4.78, 5) is 28.7. The van der Waals surface area contributed by atoms with Gasteiger partial charge in [0.2, 0.25) is 5.91 Å². The van der Waals surface area contributed by atoms with E-state index >= 15 is 0 Å². The Morgan fingerprint density at radius 3 is 2.56 bits per heavy atom. The summed E-state index contributed by atoms with van der Waals surface area (Å²) in [5.74, 6) is -0.657. The highest BCUT2D eigenvalue weighted by atomic mass is 79.9. The molecule has 138 valence electrons. The maximum Gasteiger partial charge on any atom is 0.271 e. The molecular formula is C20H18BrN3O2S. The highest BCUT2D eigenvalue weighted by Crippen LogP contribution is 2.24. The molecule has 0 saturated heterocycles. The van der Waals surface area contributed by atoms with Crippen LogP contribution in [0.1, 0.15) is 21.6 Å². The molecule has 0 spiro atoms. The van der Waals surface area contributed by atoms with Gasteiger partial charge in [0, 0.05) is 21.1 Å². The summed E-state index contributed by atoms with van der Waals surface area (Å²) in [6.07, 6.45) is 0. The summed E-state index contributed by atoms with van der Waals surface area (Å²) in [5.41, 5.74) is 4.09. The molecule has 3 aromatic rings. The van der Waals surface area contributed by atoms with Crippen molar-refractivity contribution in [3.8, 4) is 10.6 Å². The van der Waals surface area contributed by atoms with Crippen LogP contribution < -0.4 is 10.6 Å².